The molecule has 0 aromatic heterocycles. The number of para-hydroxylation sites is 1. The number of hydrogen-bond acceptors (Lipinski definition) is 4. The number of methoxy groups -OCH3 is 1. The van der Waals surface area contributed by atoms with Gasteiger partial charge in [-0.05, 0) is 43.0 Å². The summed E-state index contributed by atoms with van der Waals surface area (Å²) >= 11 is 0. The number of benzene rings is 2. The van der Waals surface area contributed by atoms with Gasteiger partial charge < -0.3 is 25.0 Å². The molecule has 0 aliphatic carbocycles. The molecule has 168 valence electrons. The number of aryl methyl sites for hydroxylation is 1. The fourth-order valence-electron chi connectivity index (χ4n) is 3.84. The molecule has 1 heterocycles. The first-order valence-corrected chi connectivity index (χ1v) is 11.2. The number of guanidine groups is 1. The summed E-state index contributed by atoms with van der Waals surface area (Å²) in [5, 5.41) is 6.93. The minimum absolute atomic E-state index is 0.609. The van der Waals surface area contributed by atoms with Gasteiger partial charge in [-0.2, -0.15) is 0 Å². The van der Waals surface area contributed by atoms with Gasteiger partial charge in [0.2, 0.25) is 0 Å². The number of nitrogens with one attached hydrogen (secondary N) is 2. The van der Waals surface area contributed by atoms with Gasteiger partial charge in [0.05, 0.1) is 6.61 Å². The molecule has 1 aliphatic rings. The number of hydrogen-bond donors (Lipinski definition) is 2. The number of rotatable bonds is 10. The van der Waals surface area contributed by atoms with E-state index in [9.17, 15) is 0 Å². The molecule has 0 radical (unpaired) electrons. The molecule has 1 saturated heterocycles. The molecule has 1 fully saturated rings. The Kier molecular flexibility index (Phi) is 9.03. The molecule has 1 unspecified atom stereocenters. The molecule has 2 N–H and O–H groups in total. The summed E-state index contributed by atoms with van der Waals surface area (Å²) in [7, 11) is 3.53. The van der Waals surface area contributed by atoms with Crippen molar-refractivity contribution in [1.29, 1.82) is 0 Å². The Morgan fingerprint density at radius 3 is 2.74 bits per heavy atom. The van der Waals surface area contributed by atoms with E-state index in [1.54, 1.807) is 7.11 Å². The van der Waals surface area contributed by atoms with E-state index in [0.29, 0.717) is 25.7 Å². The number of anilines is 1. The van der Waals surface area contributed by atoms with E-state index in [2.05, 4.69) is 76.0 Å². The second-order valence-electron chi connectivity index (χ2n) is 8.05. The van der Waals surface area contributed by atoms with Crippen LogP contribution in [0, 0.1) is 12.8 Å². The van der Waals surface area contributed by atoms with E-state index in [0.717, 1.165) is 43.3 Å². The molecule has 0 spiro atoms. The minimum Gasteiger partial charge on any atom is -0.493 e. The minimum atomic E-state index is 0.609. The lowest BCUT2D eigenvalue weighted by Gasteiger charge is -2.19. The Balaban J connectivity index is 1.46. The Bertz CT molecular complexity index is 826. The van der Waals surface area contributed by atoms with Crippen molar-refractivity contribution in [3.05, 3.63) is 59.7 Å². The first-order valence-electron chi connectivity index (χ1n) is 11.2. The summed E-state index contributed by atoms with van der Waals surface area (Å²) in [6, 6.07) is 17.0. The third-order valence-electron chi connectivity index (χ3n) is 5.61. The molecule has 2 aromatic rings. The van der Waals surface area contributed by atoms with Crippen LogP contribution in [-0.4, -0.2) is 53.0 Å². The quantitative estimate of drug-likeness (QED) is 0.347. The molecule has 0 amide bonds. The smallest absolute Gasteiger partial charge is 0.191 e. The fourth-order valence-corrected chi connectivity index (χ4v) is 3.84. The van der Waals surface area contributed by atoms with Gasteiger partial charge in [-0.1, -0.05) is 30.3 Å². The van der Waals surface area contributed by atoms with Crippen molar-refractivity contribution in [3.8, 4) is 5.75 Å². The van der Waals surface area contributed by atoms with E-state index < -0.39 is 0 Å². The largest absolute Gasteiger partial charge is 0.493 e. The van der Waals surface area contributed by atoms with E-state index in [4.69, 9.17) is 9.47 Å². The van der Waals surface area contributed by atoms with Gasteiger partial charge in [-0.25, -0.2) is 0 Å². The summed E-state index contributed by atoms with van der Waals surface area (Å²) in [6.45, 7) is 7.20. The number of nitrogens with zero attached hydrogens (tertiary/aromatic N) is 2. The third kappa shape index (κ3) is 7.17. The molecule has 0 saturated carbocycles. The molecule has 31 heavy (non-hydrogen) atoms. The summed E-state index contributed by atoms with van der Waals surface area (Å²) in [5.74, 6) is 2.36. The monoisotopic (exact) mass is 424 g/mol. The predicted molar refractivity (Wildman–Crippen MR) is 128 cm³/mol. The van der Waals surface area contributed by atoms with Gasteiger partial charge in [-0.15, -0.1) is 0 Å². The van der Waals surface area contributed by atoms with Crippen molar-refractivity contribution in [2.24, 2.45) is 10.9 Å². The lowest BCUT2D eigenvalue weighted by molar-refractivity contribution is 0.171. The number of ether oxygens (including phenoxy) is 2. The summed E-state index contributed by atoms with van der Waals surface area (Å²) in [5.41, 5.74) is 3.63. The normalized spacial score (nSPS) is 16.4. The topological polar surface area (TPSA) is 58.1 Å². The highest BCUT2D eigenvalue weighted by atomic mass is 16.5. The van der Waals surface area contributed by atoms with E-state index in [-0.39, 0.29) is 0 Å². The second kappa shape index (κ2) is 12.2. The average Bonchev–Trinajstić information content (AvgIpc) is 3.27. The van der Waals surface area contributed by atoms with Gasteiger partial charge in [0.15, 0.2) is 5.96 Å². The maximum absolute atomic E-state index is 6.00. The van der Waals surface area contributed by atoms with Crippen LogP contribution in [0.25, 0.3) is 0 Å². The van der Waals surface area contributed by atoms with Crippen molar-refractivity contribution < 1.29 is 9.47 Å². The van der Waals surface area contributed by atoms with Crippen LogP contribution in [0.2, 0.25) is 0 Å². The standard InChI is InChI=1S/C25H36N4O2/c1-20-10-11-22(24(16-20)31-15-7-14-30-3)18-28-25(26-2)27-17-21-12-13-29(19-21)23-8-5-4-6-9-23/h4-6,8-11,16,21H,7,12-15,17-19H2,1-3H3,(H2,26,27,28). The highest BCUT2D eigenvalue weighted by Crippen LogP contribution is 2.23. The van der Waals surface area contributed by atoms with Crippen molar-refractivity contribution in [3.63, 3.8) is 0 Å². The Labute approximate surface area is 186 Å². The third-order valence-corrected chi connectivity index (χ3v) is 5.61. The van der Waals surface area contributed by atoms with Crippen LogP contribution in [0.15, 0.2) is 53.5 Å². The summed E-state index contributed by atoms with van der Waals surface area (Å²) in [6.07, 6.45) is 2.07. The molecular weight excluding hydrogens is 388 g/mol. The van der Waals surface area contributed by atoms with Crippen LogP contribution in [0.3, 0.4) is 0 Å². The fraction of sp³-hybridized carbons (Fsp3) is 0.480. The van der Waals surface area contributed by atoms with E-state index in [1.165, 1.54) is 17.7 Å². The molecular formula is C25H36N4O2. The van der Waals surface area contributed by atoms with Crippen LogP contribution in [0.4, 0.5) is 5.69 Å². The Hall–Kier alpha value is -2.73. The first-order chi connectivity index (χ1) is 15.2. The lowest BCUT2D eigenvalue weighted by atomic mass is 10.1. The van der Waals surface area contributed by atoms with Crippen LogP contribution in [0.5, 0.6) is 5.75 Å². The van der Waals surface area contributed by atoms with Crippen molar-refractivity contribution in [2.75, 3.05) is 51.9 Å². The zero-order valence-corrected chi connectivity index (χ0v) is 19.1. The van der Waals surface area contributed by atoms with Crippen LogP contribution >= 0.6 is 0 Å². The average molecular weight is 425 g/mol. The summed E-state index contributed by atoms with van der Waals surface area (Å²) < 4.78 is 11.1. The van der Waals surface area contributed by atoms with Gasteiger partial charge in [0.1, 0.15) is 5.75 Å². The van der Waals surface area contributed by atoms with Gasteiger partial charge in [0, 0.05) is 64.6 Å². The summed E-state index contributed by atoms with van der Waals surface area (Å²) in [4.78, 5) is 6.86. The predicted octanol–water partition coefficient (Wildman–Crippen LogP) is 3.60. The lowest BCUT2D eigenvalue weighted by Crippen LogP contribution is -2.40. The zero-order valence-electron chi connectivity index (χ0n) is 19.1. The highest BCUT2D eigenvalue weighted by Gasteiger charge is 2.22. The molecule has 3 rings (SSSR count). The molecule has 2 aromatic carbocycles. The Morgan fingerprint density at radius 1 is 1.13 bits per heavy atom. The highest BCUT2D eigenvalue weighted by molar-refractivity contribution is 5.79. The first kappa shape index (κ1) is 22.9. The van der Waals surface area contributed by atoms with Crippen molar-refractivity contribution in [1.82, 2.24) is 10.6 Å². The van der Waals surface area contributed by atoms with E-state index in [1.807, 2.05) is 7.05 Å². The van der Waals surface area contributed by atoms with Gasteiger partial charge in [-0.3, -0.25) is 4.99 Å². The second-order valence-corrected chi connectivity index (χ2v) is 8.05. The molecule has 6 nitrogen and oxygen atoms in total. The van der Waals surface area contributed by atoms with Crippen LogP contribution < -0.4 is 20.3 Å². The van der Waals surface area contributed by atoms with Gasteiger partial charge >= 0.3 is 0 Å². The van der Waals surface area contributed by atoms with Crippen molar-refractivity contribution in [2.45, 2.75) is 26.3 Å². The zero-order chi connectivity index (χ0) is 21.9. The number of aliphatic imine (C=N–C) groups is 1. The maximum Gasteiger partial charge on any atom is 0.191 e. The van der Waals surface area contributed by atoms with Crippen LogP contribution in [-0.2, 0) is 11.3 Å². The molecule has 0 bridgehead atoms. The molecule has 1 aliphatic heterocycles. The van der Waals surface area contributed by atoms with Crippen LogP contribution in [0.1, 0.15) is 24.0 Å². The van der Waals surface area contributed by atoms with Gasteiger partial charge in [0.25, 0.3) is 0 Å². The Morgan fingerprint density at radius 2 is 1.97 bits per heavy atom. The molecule has 1 atom stereocenters. The van der Waals surface area contributed by atoms with Crippen molar-refractivity contribution >= 4 is 11.6 Å². The maximum atomic E-state index is 6.00. The SMILES string of the molecule is CN=C(NCc1ccc(C)cc1OCCCOC)NCC1CCN(c2ccccc2)C1. The van der Waals surface area contributed by atoms with E-state index >= 15 is 0 Å². The molecule has 6 heteroatoms.